The summed E-state index contributed by atoms with van der Waals surface area (Å²) in [6.45, 7) is 3.10. The summed E-state index contributed by atoms with van der Waals surface area (Å²) in [5.41, 5.74) is 8.05. The average molecular weight is 347 g/mol. The first-order valence-corrected chi connectivity index (χ1v) is 7.42. The van der Waals surface area contributed by atoms with Crippen LogP contribution >= 0.6 is 34.4 Å². The predicted octanol–water partition coefficient (Wildman–Crippen LogP) is 2.97. The summed E-state index contributed by atoms with van der Waals surface area (Å²) in [6, 6.07) is 6.24. The lowest BCUT2D eigenvalue weighted by atomic mass is 10.3. The zero-order valence-electron chi connectivity index (χ0n) is 9.27. The van der Waals surface area contributed by atoms with E-state index in [0.717, 1.165) is 17.6 Å². The molecule has 1 unspecified atom stereocenters. The van der Waals surface area contributed by atoms with E-state index in [4.69, 9.17) is 5.73 Å². The Hall–Kier alpha value is -0.430. The third-order valence-electron chi connectivity index (χ3n) is 2.58. The van der Waals surface area contributed by atoms with Gasteiger partial charge in [0.2, 0.25) is 5.95 Å². The minimum atomic E-state index is 0.541. The Morgan fingerprint density at radius 2 is 2.31 bits per heavy atom. The number of rotatable bonds is 3. The second-order valence-corrected chi connectivity index (χ2v) is 6.28. The fourth-order valence-corrected chi connectivity index (χ4v) is 2.42. The zero-order valence-corrected chi connectivity index (χ0v) is 12.2. The molecule has 1 atom stereocenters. The summed E-state index contributed by atoms with van der Waals surface area (Å²) in [6.07, 6.45) is 2.11. The van der Waals surface area contributed by atoms with Gasteiger partial charge < -0.3 is 10.3 Å². The number of thioether (sulfide) groups is 1. The molecule has 0 aliphatic carbocycles. The van der Waals surface area contributed by atoms with Crippen LogP contribution < -0.4 is 5.73 Å². The highest BCUT2D eigenvalue weighted by atomic mass is 127. The number of hydrogen-bond acceptors (Lipinski definition) is 3. The minimum absolute atomic E-state index is 0.541. The Balaban J connectivity index is 2.47. The van der Waals surface area contributed by atoms with E-state index >= 15 is 0 Å². The maximum atomic E-state index is 5.95. The fourth-order valence-electron chi connectivity index (χ4n) is 1.65. The summed E-state index contributed by atoms with van der Waals surface area (Å²) >= 11 is 4.13. The molecule has 0 amide bonds. The van der Waals surface area contributed by atoms with Gasteiger partial charge in [-0.2, -0.15) is 11.8 Å². The number of aromatic nitrogens is 2. The van der Waals surface area contributed by atoms with Gasteiger partial charge in [0.25, 0.3) is 0 Å². The van der Waals surface area contributed by atoms with Crippen LogP contribution in [0.25, 0.3) is 11.0 Å². The van der Waals surface area contributed by atoms with E-state index < -0.39 is 0 Å². The quantitative estimate of drug-likeness (QED) is 0.869. The van der Waals surface area contributed by atoms with Crippen LogP contribution in [0, 0.1) is 3.57 Å². The first-order valence-electron chi connectivity index (χ1n) is 5.06. The van der Waals surface area contributed by atoms with Crippen LogP contribution in [0.2, 0.25) is 0 Å². The lowest BCUT2D eigenvalue weighted by molar-refractivity contribution is 0.721. The van der Waals surface area contributed by atoms with Gasteiger partial charge in [-0.1, -0.05) is 6.92 Å². The zero-order chi connectivity index (χ0) is 11.7. The van der Waals surface area contributed by atoms with Crippen molar-refractivity contribution in [1.82, 2.24) is 9.55 Å². The topological polar surface area (TPSA) is 43.8 Å². The molecular weight excluding hydrogens is 333 g/mol. The number of benzene rings is 1. The van der Waals surface area contributed by atoms with Crippen LogP contribution in [0.5, 0.6) is 0 Å². The highest BCUT2D eigenvalue weighted by Crippen LogP contribution is 2.22. The molecule has 86 valence electrons. The third kappa shape index (κ3) is 2.29. The van der Waals surface area contributed by atoms with Crippen LogP contribution in [0.3, 0.4) is 0 Å². The Morgan fingerprint density at radius 1 is 1.56 bits per heavy atom. The molecule has 0 aliphatic heterocycles. The molecule has 0 saturated heterocycles. The van der Waals surface area contributed by atoms with Crippen molar-refractivity contribution in [3.05, 3.63) is 21.8 Å². The van der Waals surface area contributed by atoms with Crippen molar-refractivity contribution in [2.75, 3.05) is 12.0 Å². The van der Waals surface area contributed by atoms with Crippen LogP contribution in [-0.4, -0.2) is 21.1 Å². The van der Waals surface area contributed by atoms with Gasteiger partial charge in [-0.05, 0) is 47.0 Å². The summed E-state index contributed by atoms with van der Waals surface area (Å²) in [5, 5.41) is 0.541. The van der Waals surface area contributed by atoms with E-state index in [1.807, 2.05) is 11.8 Å². The van der Waals surface area contributed by atoms with E-state index in [-0.39, 0.29) is 0 Å². The van der Waals surface area contributed by atoms with Crippen molar-refractivity contribution < 1.29 is 0 Å². The molecule has 0 radical (unpaired) electrons. The maximum Gasteiger partial charge on any atom is 0.201 e. The second kappa shape index (κ2) is 4.83. The second-order valence-electron chi connectivity index (χ2n) is 3.76. The number of halogens is 1. The lowest BCUT2D eigenvalue weighted by Gasteiger charge is -2.11. The Bertz CT molecular complexity index is 509. The number of fused-ring (bicyclic) bond motifs is 1. The highest BCUT2D eigenvalue weighted by Gasteiger charge is 2.10. The van der Waals surface area contributed by atoms with Crippen molar-refractivity contribution in [3.63, 3.8) is 0 Å². The molecule has 1 aromatic heterocycles. The van der Waals surface area contributed by atoms with Gasteiger partial charge in [-0.15, -0.1) is 0 Å². The van der Waals surface area contributed by atoms with Gasteiger partial charge in [0, 0.05) is 15.4 Å². The van der Waals surface area contributed by atoms with Crippen LogP contribution in [0.4, 0.5) is 5.95 Å². The van der Waals surface area contributed by atoms with Crippen LogP contribution in [-0.2, 0) is 6.54 Å². The maximum absolute atomic E-state index is 5.95. The van der Waals surface area contributed by atoms with E-state index in [9.17, 15) is 0 Å². The van der Waals surface area contributed by atoms with Gasteiger partial charge >= 0.3 is 0 Å². The number of anilines is 1. The minimum Gasteiger partial charge on any atom is -0.369 e. The van der Waals surface area contributed by atoms with E-state index in [1.54, 1.807) is 0 Å². The number of hydrogen-bond donors (Lipinski definition) is 1. The monoisotopic (exact) mass is 347 g/mol. The largest absolute Gasteiger partial charge is 0.369 e. The first-order chi connectivity index (χ1) is 7.61. The summed E-state index contributed by atoms with van der Waals surface area (Å²) < 4.78 is 3.28. The molecule has 2 rings (SSSR count). The van der Waals surface area contributed by atoms with E-state index in [0.29, 0.717) is 11.2 Å². The smallest absolute Gasteiger partial charge is 0.201 e. The Kier molecular flexibility index (Phi) is 3.63. The Morgan fingerprint density at radius 3 is 3.00 bits per heavy atom. The van der Waals surface area contributed by atoms with Gasteiger partial charge in [-0.3, -0.25) is 0 Å². The molecule has 1 aromatic carbocycles. The molecule has 2 N–H and O–H groups in total. The molecule has 0 spiro atoms. The molecule has 0 saturated carbocycles. The van der Waals surface area contributed by atoms with Crippen LogP contribution in [0.1, 0.15) is 6.92 Å². The third-order valence-corrected chi connectivity index (χ3v) is 4.21. The number of imidazole rings is 1. The van der Waals surface area contributed by atoms with Crippen LogP contribution in [0.15, 0.2) is 18.2 Å². The van der Waals surface area contributed by atoms with Crippen molar-refractivity contribution in [3.8, 4) is 0 Å². The SMILES string of the molecule is CSC(C)Cn1c(N)nc2cc(I)ccc21. The standard InChI is InChI=1S/C11H14IN3S/c1-7(16-2)6-15-10-4-3-8(12)5-9(10)14-11(15)13/h3-5,7H,6H2,1-2H3,(H2,13,14). The molecule has 5 heteroatoms. The molecule has 16 heavy (non-hydrogen) atoms. The molecule has 3 nitrogen and oxygen atoms in total. The van der Waals surface area contributed by atoms with Gasteiger partial charge in [0.1, 0.15) is 0 Å². The summed E-state index contributed by atoms with van der Waals surface area (Å²) in [5.74, 6) is 0.609. The predicted molar refractivity (Wildman–Crippen MR) is 79.8 cm³/mol. The van der Waals surface area contributed by atoms with Crippen molar-refractivity contribution >= 4 is 51.3 Å². The molecule has 0 fully saturated rings. The number of nitrogens with zero attached hydrogens (tertiary/aromatic N) is 2. The number of nitrogen functional groups attached to an aromatic ring is 1. The van der Waals surface area contributed by atoms with Gasteiger partial charge in [0.05, 0.1) is 11.0 Å². The van der Waals surface area contributed by atoms with Gasteiger partial charge in [-0.25, -0.2) is 4.98 Å². The average Bonchev–Trinajstić information content (AvgIpc) is 2.54. The van der Waals surface area contributed by atoms with Gasteiger partial charge in [0.15, 0.2) is 0 Å². The molecule has 2 aromatic rings. The molecule has 0 aliphatic rings. The van der Waals surface area contributed by atoms with Crippen molar-refractivity contribution in [2.45, 2.75) is 18.7 Å². The summed E-state index contributed by atoms with van der Waals surface area (Å²) in [4.78, 5) is 4.39. The van der Waals surface area contributed by atoms with E-state index in [2.05, 4.69) is 63.5 Å². The summed E-state index contributed by atoms with van der Waals surface area (Å²) in [7, 11) is 0. The molecule has 0 bridgehead atoms. The first kappa shape index (κ1) is 12.0. The lowest BCUT2D eigenvalue weighted by Crippen LogP contribution is -2.11. The molecular formula is C11H14IN3S. The van der Waals surface area contributed by atoms with Crippen molar-refractivity contribution in [2.24, 2.45) is 0 Å². The van der Waals surface area contributed by atoms with E-state index in [1.165, 1.54) is 3.57 Å². The number of nitrogens with two attached hydrogens (primary N) is 1. The highest BCUT2D eigenvalue weighted by molar-refractivity contribution is 14.1. The Labute approximate surface area is 113 Å². The molecule has 1 heterocycles. The fraction of sp³-hybridized carbons (Fsp3) is 0.364. The van der Waals surface area contributed by atoms with Crippen molar-refractivity contribution in [1.29, 1.82) is 0 Å². The normalized spacial score (nSPS) is 13.2.